The summed E-state index contributed by atoms with van der Waals surface area (Å²) in [5, 5.41) is 3.57. The van der Waals surface area contributed by atoms with Gasteiger partial charge in [0.15, 0.2) is 0 Å². The van der Waals surface area contributed by atoms with Gasteiger partial charge in [-0.25, -0.2) is 4.39 Å². The van der Waals surface area contributed by atoms with E-state index in [-0.39, 0.29) is 16.5 Å². The van der Waals surface area contributed by atoms with Gasteiger partial charge in [-0.15, -0.1) is 0 Å². The molecule has 0 saturated heterocycles. The van der Waals surface area contributed by atoms with Crippen molar-refractivity contribution in [2.45, 2.75) is 56.2 Å². The zero-order valence-corrected chi connectivity index (χ0v) is 13.3. The van der Waals surface area contributed by atoms with E-state index in [9.17, 15) is 8.60 Å². The van der Waals surface area contributed by atoms with Crippen molar-refractivity contribution in [3.8, 4) is 0 Å². The number of nitrogens with one attached hydrogen (secondary N) is 1. The van der Waals surface area contributed by atoms with Crippen LogP contribution in [0.5, 0.6) is 0 Å². The van der Waals surface area contributed by atoms with Gasteiger partial charge in [0.2, 0.25) is 0 Å². The maximum Gasteiger partial charge on any atom is 0.123 e. The Labute approximate surface area is 123 Å². The van der Waals surface area contributed by atoms with Crippen LogP contribution in [0, 0.1) is 11.2 Å². The summed E-state index contributed by atoms with van der Waals surface area (Å²) >= 11 is 0. The van der Waals surface area contributed by atoms with E-state index in [0.717, 1.165) is 30.7 Å². The van der Waals surface area contributed by atoms with Crippen LogP contribution in [-0.2, 0) is 10.8 Å². The molecule has 3 atom stereocenters. The molecule has 0 amide bonds. The van der Waals surface area contributed by atoms with Gasteiger partial charge in [-0.2, -0.15) is 0 Å². The van der Waals surface area contributed by atoms with Gasteiger partial charge in [0.25, 0.3) is 0 Å². The summed E-state index contributed by atoms with van der Waals surface area (Å²) in [7, 11) is -1.09. The average molecular weight is 297 g/mol. The molecule has 1 aliphatic carbocycles. The van der Waals surface area contributed by atoms with Crippen LogP contribution in [0.25, 0.3) is 0 Å². The summed E-state index contributed by atoms with van der Waals surface area (Å²) in [6.45, 7) is 7.45. The quantitative estimate of drug-likeness (QED) is 0.921. The van der Waals surface area contributed by atoms with Crippen molar-refractivity contribution in [1.82, 2.24) is 5.32 Å². The van der Waals surface area contributed by atoms with Crippen LogP contribution in [-0.4, -0.2) is 22.0 Å². The molecule has 2 nitrogen and oxygen atoms in total. The van der Waals surface area contributed by atoms with E-state index < -0.39 is 10.8 Å². The fourth-order valence-corrected chi connectivity index (χ4v) is 4.87. The number of hydrogen-bond acceptors (Lipinski definition) is 2. The third kappa shape index (κ3) is 3.67. The van der Waals surface area contributed by atoms with E-state index in [1.807, 2.05) is 0 Å². The predicted octanol–water partition coefficient (Wildman–Crippen LogP) is 3.49. The summed E-state index contributed by atoms with van der Waals surface area (Å²) in [4.78, 5) is 0.733. The normalized spacial score (nSPS) is 27.2. The monoisotopic (exact) mass is 297 g/mol. The number of rotatable bonds is 4. The zero-order chi connectivity index (χ0) is 14.8. The molecule has 0 bridgehead atoms. The molecule has 0 radical (unpaired) electrons. The lowest BCUT2D eigenvalue weighted by molar-refractivity contribution is 0.213. The minimum Gasteiger partial charge on any atom is -0.313 e. The van der Waals surface area contributed by atoms with Crippen molar-refractivity contribution in [3.63, 3.8) is 0 Å². The van der Waals surface area contributed by atoms with E-state index in [2.05, 4.69) is 26.1 Å². The molecule has 0 heterocycles. The van der Waals surface area contributed by atoms with Crippen LogP contribution < -0.4 is 5.32 Å². The SMILES string of the molecule is CCNC1CCC(C)(C)CC1S(=O)c1ccc(F)cc1. The highest BCUT2D eigenvalue weighted by Gasteiger charge is 2.38. The van der Waals surface area contributed by atoms with Crippen molar-refractivity contribution >= 4 is 10.8 Å². The van der Waals surface area contributed by atoms with E-state index in [0.29, 0.717) is 6.04 Å². The second-order valence-corrected chi connectivity index (χ2v) is 8.03. The molecule has 2 rings (SSSR count). The van der Waals surface area contributed by atoms with E-state index in [4.69, 9.17) is 0 Å². The second-order valence-electron chi connectivity index (χ2n) is 6.36. The van der Waals surface area contributed by atoms with Gasteiger partial charge in [-0.05, 0) is 55.5 Å². The van der Waals surface area contributed by atoms with Crippen molar-refractivity contribution in [2.24, 2.45) is 5.41 Å². The highest BCUT2D eigenvalue weighted by Crippen LogP contribution is 2.38. The Balaban J connectivity index is 2.20. The third-order valence-corrected chi connectivity index (χ3v) is 5.90. The lowest BCUT2D eigenvalue weighted by atomic mass is 9.75. The maximum absolute atomic E-state index is 13.0. The molecule has 112 valence electrons. The van der Waals surface area contributed by atoms with Crippen molar-refractivity contribution in [3.05, 3.63) is 30.1 Å². The molecule has 0 aromatic heterocycles. The Hall–Kier alpha value is -0.740. The molecule has 1 N–H and O–H groups in total. The molecule has 0 aliphatic heterocycles. The summed E-state index contributed by atoms with van der Waals surface area (Å²) in [5.74, 6) is -0.280. The van der Waals surface area contributed by atoms with Gasteiger partial charge >= 0.3 is 0 Å². The van der Waals surface area contributed by atoms with Crippen LogP contribution in [0.1, 0.15) is 40.0 Å². The fourth-order valence-electron chi connectivity index (χ4n) is 2.99. The molecule has 1 aromatic carbocycles. The summed E-state index contributed by atoms with van der Waals surface area (Å²) in [6, 6.07) is 6.37. The largest absolute Gasteiger partial charge is 0.313 e. The molecule has 20 heavy (non-hydrogen) atoms. The molecule has 4 heteroatoms. The first-order chi connectivity index (χ1) is 9.43. The summed E-state index contributed by atoms with van der Waals surface area (Å²) in [5.41, 5.74) is 0.228. The van der Waals surface area contributed by atoms with Crippen molar-refractivity contribution in [2.75, 3.05) is 6.54 Å². The minimum atomic E-state index is -1.09. The van der Waals surface area contributed by atoms with Crippen LogP contribution >= 0.6 is 0 Å². The Bertz CT molecular complexity index is 472. The maximum atomic E-state index is 13.0. The molecule has 3 unspecified atom stereocenters. The molecule has 1 fully saturated rings. The van der Waals surface area contributed by atoms with E-state index in [1.54, 1.807) is 12.1 Å². The third-order valence-electron chi connectivity index (χ3n) is 4.12. The molecule has 1 saturated carbocycles. The molecule has 1 aromatic rings. The highest BCUT2D eigenvalue weighted by molar-refractivity contribution is 7.85. The predicted molar refractivity (Wildman–Crippen MR) is 81.7 cm³/mol. The average Bonchev–Trinajstić information content (AvgIpc) is 2.41. The first-order valence-corrected chi connectivity index (χ1v) is 8.54. The van der Waals surface area contributed by atoms with Gasteiger partial charge in [0, 0.05) is 10.9 Å². The molecule has 1 aliphatic rings. The fraction of sp³-hybridized carbons (Fsp3) is 0.625. The lowest BCUT2D eigenvalue weighted by Crippen LogP contribution is -2.48. The molecule has 0 spiro atoms. The number of hydrogen-bond donors (Lipinski definition) is 1. The Morgan fingerprint density at radius 2 is 2.00 bits per heavy atom. The van der Waals surface area contributed by atoms with Gasteiger partial charge in [0.05, 0.1) is 16.0 Å². The van der Waals surface area contributed by atoms with Crippen LogP contribution in [0.15, 0.2) is 29.2 Å². The highest BCUT2D eigenvalue weighted by atomic mass is 32.2. The first-order valence-electron chi connectivity index (χ1n) is 7.32. The molecular weight excluding hydrogens is 273 g/mol. The minimum absolute atomic E-state index is 0.101. The van der Waals surface area contributed by atoms with Crippen LogP contribution in [0.4, 0.5) is 4.39 Å². The second kappa shape index (κ2) is 6.35. The van der Waals surface area contributed by atoms with Gasteiger partial charge in [0.1, 0.15) is 5.82 Å². The van der Waals surface area contributed by atoms with Crippen molar-refractivity contribution < 1.29 is 8.60 Å². The Kier molecular flexibility index (Phi) is 4.97. The zero-order valence-electron chi connectivity index (χ0n) is 12.5. The van der Waals surface area contributed by atoms with Gasteiger partial charge in [-0.3, -0.25) is 4.21 Å². The van der Waals surface area contributed by atoms with E-state index in [1.165, 1.54) is 12.1 Å². The summed E-state index contributed by atoms with van der Waals surface area (Å²) < 4.78 is 25.8. The van der Waals surface area contributed by atoms with Gasteiger partial charge in [-0.1, -0.05) is 20.8 Å². The molecular formula is C16H24FNOS. The smallest absolute Gasteiger partial charge is 0.123 e. The van der Waals surface area contributed by atoms with E-state index >= 15 is 0 Å². The first kappa shape index (κ1) is 15.6. The summed E-state index contributed by atoms with van der Waals surface area (Å²) in [6.07, 6.45) is 3.15. The Morgan fingerprint density at radius 3 is 2.60 bits per heavy atom. The van der Waals surface area contributed by atoms with Crippen molar-refractivity contribution in [1.29, 1.82) is 0 Å². The van der Waals surface area contributed by atoms with Crippen LogP contribution in [0.3, 0.4) is 0 Å². The number of benzene rings is 1. The van der Waals surface area contributed by atoms with Crippen LogP contribution in [0.2, 0.25) is 0 Å². The standard InChI is InChI=1S/C16H24FNOS/c1-4-18-14-9-10-16(2,3)11-15(14)20(19)13-7-5-12(17)6-8-13/h5-8,14-15,18H,4,9-11H2,1-3H3. The topological polar surface area (TPSA) is 29.1 Å². The van der Waals surface area contributed by atoms with Gasteiger partial charge < -0.3 is 5.32 Å². The Morgan fingerprint density at radius 1 is 1.35 bits per heavy atom. The lowest BCUT2D eigenvalue weighted by Gasteiger charge is -2.40. The number of halogens is 1.